The zero-order chi connectivity index (χ0) is 18.9. The first-order valence-electron chi connectivity index (χ1n) is 11.3. The molecule has 3 fully saturated rings. The van der Waals surface area contributed by atoms with Crippen LogP contribution >= 0.6 is 0 Å². The maximum atomic E-state index is 2.80. The molecule has 0 unspecified atom stereocenters. The van der Waals surface area contributed by atoms with Gasteiger partial charge in [0.25, 0.3) is 0 Å². The molecule has 0 atom stereocenters. The highest BCUT2D eigenvalue weighted by Crippen LogP contribution is 2.42. The lowest BCUT2D eigenvalue weighted by molar-refractivity contribution is -0.896. The minimum absolute atomic E-state index is 0.642. The van der Waals surface area contributed by atoms with Crippen molar-refractivity contribution in [2.24, 2.45) is 11.3 Å². The molecule has 150 valence electrons. The molecule has 3 aliphatic heterocycles. The zero-order valence-corrected chi connectivity index (χ0v) is 17.9. The van der Waals surface area contributed by atoms with E-state index >= 15 is 0 Å². The van der Waals surface area contributed by atoms with E-state index in [0.29, 0.717) is 5.41 Å². The second-order valence-electron chi connectivity index (χ2n) is 10.4. The number of piperidine rings is 3. The van der Waals surface area contributed by atoms with Crippen molar-refractivity contribution in [1.82, 2.24) is 4.90 Å². The molecule has 3 heterocycles. The van der Waals surface area contributed by atoms with Crippen molar-refractivity contribution in [2.45, 2.75) is 45.4 Å². The summed E-state index contributed by atoms with van der Waals surface area (Å²) in [6.45, 7) is 11.5. The molecule has 0 N–H and O–H groups in total. The second-order valence-corrected chi connectivity index (χ2v) is 10.4. The van der Waals surface area contributed by atoms with Gasteiger partial charge in [0.1, 0.15) is 0 Å². The van der Waals surface area contributed by atoms with Gasteiger partial charge >= 0.3 is 0 Å². The molecule has 3 saturated heterocycles. The summed E-state index contributed by atoms with van der Waals surface area (Å²) in [6, 6.07) is 9.12. The highest BCUT2D eigenvalue weighted by molar-refractivity contribution is 5.47. The molecule has 0 radical (unpaired) electrons. The average Bonchev–Trinajstić information content (AvgIpc) is 2.67. The van der Waals surface area contributed by atoms with Crippen LogP contribution in [0.1, 0.15) is 44.1 Å². The van der Waals surface area contributed by atoms with E-state index in [1.807, 2.05) is 0 Å². The summed E-state index contributed by atoms with van der Waals surface area (Å²) in [5, 5.41) is 0. The van der Waals surface area contributed by atoms with Gasteiger partial charge in [-0.25, -0.2) is 0 Å². The first-order chi connectivity index (χ1) is 12.9. The summed E-state index contributed by atoms with van der Waals surface area (Å²) in [4.78, 5) is 5.41. The standard InChI is InChI=1S/C24H40N3/c1-21-4-6-23(7-5-21)26-16-12-24(13-17-26)10-14-25(15-11-24)20-22-8-18-27(2,3)19-9-22/h4-7,22H,8-20H2,1-3H3/q+1. The fourth-order valence-corrected chi connectivity index (χ4v) is 5.57. The van der Waals surface area contributed by atoms with Crippen LogP contribution in [0.3, 0.4) is 0 Å². The van der Waals surface area contributed by atoms with Crippen LogP contribution in [0.4, 0.5) is 5.69 Å². The van der Waals surface area contributed by atoms with Crippen molar-refractivity contribution in [3.05, 3.63) is 29.8 Å². The molecular weight excluding hydrogens is 330 g/mol. The average molecular weight is 371 g/mol. The van der Waals surface area contributed by atoms with E-state index < -0.39 is 0 Å². The Morgan fingerprint density at radius 3 is 2.04 bits per heavy atom. The molecule has 0 amide bonds. The molecule has 0 aliphatic carbocycles. The van der Waals surface area contributed by atoms with Crippen LogP contribution in [0, 0.1) is 18.3 Å². The predicted molar refractivity (Wildman–Crippen MR) is 115 cm³/mol. The Morgan fingerprint density at radius 1 is 0.889 bits per heavy atom. The molecule has 3 nitrogen and oxygen atoms in total. The van der Waals surface area contributed by atoms with Crippen molar-refractivity contribution in [3.63, 3.8) is 0 Å². The van der Waals surface area contributed by atoms with Crippen molar-refractivity contribution in [3.8, 4) is 0 Å². The Morgan fingerprint density at radius 2 is 1.44 bits per heavy atom. The zero-order valence-electron chi connectivity index (χ0n) is 17.9. The fourth-order valence-electron chi connectivity index (χ4n) is 5.57. The SMILES string of the molecule is Cc1ccc(N2CCC3(CCN(CC4CC[N+](C)(C)CC4)CC3)CC2)cc1. The lowest BCUT2D eigenvalue weighted by Gasteiger charge is -2.48. The summed E-state index contributed by atoms with van der Waals surface area (Å²) in [5.74, 6) is 0.952. The second kappa shape index (κ2) is 7.75. The van der Waals surface area contributed by atoms with E-state index in [1.54, 1.807) is 0 Å². The van der Waals surface area contributed by atoms with Crippen LogP contribution in [-0.4, -0.2) is 69.3 Å². The minimum atomic E-state index is 0.642. The van der Waals surface area contributed by atoms with Crippen molar-refractivity contribution >= 4 is 5.69 Å². The Hall–Kier alpha value is -1.06. The predicted octanol–water partition coefficient (Wildman–Crippen LogP) is 4.16. The van der Waals surface area contributed by atoms with Crippen LogP contribution in [-0.2, 0) is 0 Å². The number of anilines is 1. The highest BCUT2D eigenvalue weighted by atomic mass is 15.3. The molecule has 1 aromatic rings. The monoisotopic (exact) mass is 370 g/mol. The maximum absolute atomic E-state index is 2.80. The topological polar surface area (TPSA) is 6.48 Å². The van der Waals surface area contributed by atoms with Crippen LogP contribution in [0.2, 0.25) is 0 Å². The Labute approximate surface area is 166 Å². The number of hydrogen-bond acceptors (Lipinski definition) is 2. The summed E-state index contributed by atoms with van der Waals surface area (Å²) >= 11 is 0. The number of quaternary nitrogens is 1. The molecule has 3 heteroatoms. The lowest BCUT2D eigenvalue weighted by atomic mass is 9.71. The van der Waals surface area contributed by atoms with Gasteiger partial charge in [0.05, 0.1) is 27.2 Å². The van der Waals surface area contributed by atoms with Gasteiger partial charge in [-0.2, -0.15) is 0 Å². The molecule has 0 bridgehead atoms. The van der Waals surface area contributed by atoms with Crippen LogP contribution in [0.15, 0.2) is 24.3 Å². The normalized spacial score (nSPS) is 26.4. The highest BCUT2D eigenvalue weighted by Gasteiger charge is 2.38. The number of hydrogen-bond donors (Lipinski definition) is 0. The van der Waals surface area contributed by atoms with E-state index in [9.17, 15) is 0 Å². The van der Waals surface area contributed by atoms with E-state index in [2.05, 4.69) is 55.1 Å². The molecule has 1 aromatic carbocycles. The summed E-state index contributed by atoms with van der Waals surface area (Å²) in [5.41, 5.74) is 3.43. The maximum Gasteiger partial charge on any atom is 0.0785 e. The van der Waals surface area contributed by atoms with Gasteiger partial charge in [-0.3, -0.25) is 0 Å². The first kappa shape index (κ1) is 19.3. The van der Waals surface area contributed by atoms with Gasteiger partial charge in [-0.05, 0) is 69.2 Å². The van der Waals surface area contributed by atoms with E-state index in [0.717, 1.165) is 5.92 Å². The minimum Gasteiger partial charge on any atom is -0.371 e. The fraction of sp³-hybridized carbons (Fsp3) is 0.750. The van der Waals surface area contributed by atoms with E-state index in [-0.39, 0.29) is 0 Å². The largest absolute Gasteiger partial charge is 0.371 e. The molecule has 1 spiro atoms. The molecule has 27 heavy (non-hydrogen) atoms. The third-order valence-corrected chi connectivity index (χ3v) is 7.94. The molecule has 4 rings (SSSR count). The number of nitrogens with zero attached hydrogens (tertiary/aromatic N) is 3. The lowest BCUT2D eigenvalue weighted by Crippen LogP contribution is -2.50. The Bertz CT molecular complexity index is 593. The molecule has 0 aromatic heterocycles. The van der Waals surface area contributed by atoms with Gasteiger partial charge in [0.2, 0.25) is 0 Å². The van der Waals surface area contributed by atoms with Crippen molar-refractivity contribution in [2.75, 3.05) is 64.8 Å². The van der Waals surface area contributed by atoms with Crippen molar-refractivity contribution in [1.29, 1.82) is 0 Å². The van der Waals surface area contributed by atoms with Crippen LogP contribution in [0.25, 0.3) is 0 Å². The number of aryl methyl sites for hydroxylation is 1. The van der Waals surface area contributed by atoms with Crippen LogP contribution < -0.4 is 4.90 Å². The number of rotatable bonds is 3. The Kier molecular flexibility index (Phi) is 5.53. The summed E-state index contributed by atoms with van der Waals surface area (Å²) in [7, 11) is 4.79. The van der Waals surface area contributed by atoms with Gasteiger partial charge in [-0.1, -0.05) is 17.7 Å². The van der Waals surface area contributed by atoms with Gasteiger partial charge < -0.3 is 14.3 Å². The molecule has 0 saturated carbocycles. The Balaban J connectivity index is 1.23. The van der Waals surface area contributed by atoms with Crippen molar-refractivity contribution < 1.29 is 4.48 Å². The van der Waals surface area contributed by atoms with Crippen LogP contribution in [0.5, 0.6) is 0 Å². The van der Waals surface area contributed by atoms with Gasteiger partial charge in [-0.15, -0.1) is 0 Å². The smallest absolute Gasteiger partial charge is 0.0785 e. The number of likely N-dealkylation sites (tertiary alicyclic amines) is 2. The third kappa shape index (κ3) is 4.68. The molecule has 3 aliphatic rings. The summed E-state index contributed by atoms with van der Waals surface area (Å²) in [6.07, 6.45) is 8.51. The molecular formula is C24H40N3+. The summed E-state index contributed by atoms with van der Waals surface area (Å²) < 4.78 is 1.23. The quantitative estimate of drug-likeness (QED) is 0.737. The van der Waals surface area contributed by atoms with Gasteiger partial charge in [0, 0.05) is 38.2 Å². The van der Waals surface area contributed by atoms with E-state index in [1.165, 1.54) is 100 Å². The first-order valence-corrected chi connectivity index (χ1v) is 11.3. The number of benzene rings is 1. The van der Waals surface area contributed by atoms with Gasteiger partial charge in [0.15, 0.2) is 0 Å². The van der Waals surface area contributed by atoms with E-state index in [4.69, 9.17) is 0 Å². The third-order valence-electron chi connectivity index (χ3n) is 7.94.